The van der Waals surface area contributed by atoms with E-state index >= 15 is 0 Å². The van der Waals surface area contributed by atoms with Gasteiger partial charge in [0.1, 0.15) is 0 Å². The highest BCUT2D eigenvalue weighted by Crippen LogP contribution is 2.35. The third kappa shape index (κ3) is 2.90. The van der Waals surface area contributed by atoms with Crippen LogP contribution in [0, 0.1) is 5.92 Å². The van der Waals surface area contributed by atoms with Gasteiger partial charge in [0.25, 0.3) is 5.56 Å². The van der Waals surface area contributed by atoms with Gasteiger partial charge in [0.05, 0.1) is 5.52 Å². The van der Waals surface area contributed by atoms with Gasteiger partial charge in [0.15, 0.2) is 5.11 Å². The molecule has 5 rings (SSSR count). The van der Waals surface area contributed by atoms with Crippen LogP contribution in [0.4, 0.5) is 5.69 Å². The fourth-order valence-electron chi connectivity index (χ4n) is 4.47. The molecule has 1 fully saturated rings. The van der Waals surface area contributed by atoms with Crippen molar-refractivity contribution in [3.05, 3.63) is 70.8 Å². The van der Waals surface area contributed by atoms with E-state index < -0.39 is 0 Å². The minimum absolute atomic E-state index is 0.111. The van der Waals surface area contributed by atoms with E-state index in [2.05, 4.69) is 27.3 Å². The molecule has 0 amide bonds. The number of nitrogens with zero attached hydrogens (tertiary/aromatic N) is 3. The molecular weight excluding hydrogens is 356 g/mol. The second-order valence-electron chi connectivity index (χ2n) is 7.41. The third-order valence-electron chi connectivity index (χ3n) is 5.65. The highest BCUT2D eigenvalue weighted by atomic mass is 32.1. The minimum Gasteiger partial charge on any atom is -0.348 e. The second-order valence-corrected chi connectivity index (χ2v) is 7.80. The smallest absolute Gasteiger partial charge is 0.250 e. The Kier molecular flexibility index (Phi) is 3.93. The zero-order chi connectivity index (χ0) is 18.4. The van der Waals surface area contributed by atoms with Crippen molar-refractivity contribution in [1.82, 2.24) is 14.5 Å². The Hall–Kier alpha value is -2.73. The van der Waals surface area contributed by atoms with Crippen molar-refractivity contribution in [2.24, 2.45) is 5.92 Å². The van der Waals surface area contributed by atoms with E-state index in [0.717, 1.165) is 53.5 Å². The number of hydrogen-bond donors (Lipinski definition) is 1. The summed E-state index contributed by atoms with van der Waals surface area (Å²) in [7, 11) is 0. The van der Waals surface area contributed by atoms with Crippen LogP contribution in [0.2, 0.25) is 0 Å². The number of aromatic nitrogens is 2. The van der Waals surface area contributed by atoms with E-state index in [-0.39, 0.29) is 5.56 Å². The number of rotatable bonds is 1. The van der Waals surface area contributed by atoms with Crippen molar-refractivity contribution >= 4 is 33.9 Å². The zero-order valence-corrected chi connectivity index (χ0v) is 15.7. The van der Waals surface area contributed by atoms with Gasteiger partial charge in [-0.2, -0.15) is 0 Å². The maximum absolute atomic E-state index is 12.2. The molecule has 0 spiro atoms. The number of likely N-dealkylation sites (tertiary alicyclic amines) is 1. The molecular formula is C21H20N4OS. The maximum Gasteiger partial charge on any atom is 0.250 e. The lowest BCUT2D eigenvalue weighted by atomic mass is 9.83. The highest BCUT2D eigenvalue weighted by Gasteiger charge is 2.35. The summed E-state index contributed by atoms with van der Waals surface area (Å²) < 4.78 is 1.95. The topological polar surface area (TPSA) is 50.2 Å². The highest BCUT2D eigenvalue weighted by molar-refractivity contribution is 7.80. The summed E-state index contributed by atoms with van der Waals surface area (Å²) in [5, 5.41) is 5.24. The van der Waals surface area contributed by atoms with Gasteiger partial charge in [0, 0.05) is 54.6 Å². The number of fused-ring (bicyclic) bond motifs is 5. The average molecular weight is 376 g/mol. The van der Waals surface area contributed by atoms with Crippen molar-refractivity contribution in [3.63, 3.8) is 0 Å². The lowest BCUT2D eigenvalue weighted by Gasteiger charge is -2.43. The molecule has 2 aliphatic rings. The first-order valence-electron chi connectivity index (χ1n) is 9.28. The summed E-state index contributed by atoms with van der Waals surface area (Å²) in [5.41, 5.74) is 3.19. The number of anilines is 1. The van der Waals surface area contributed by atoms with E-state index in [1.807, 2.05) is 34.9 Å². The Morgan fingerprint density at radius 3 is 2.89 bits per heavy atom. The number of nitrogens with one attached hydrogen (secondary N) is 1. The minimum atomic E-state index is 0.111. The van der Waals surface area contributed by atoms with Crippen LogP contribution in [0.15, 0.2) is 59.5 Å². The van der Waals surface area contributed by atoms with Gasteiger partial charge >= 0.3 is 0 Å². The molecule has 5 nitrogen and oxygen atoms in total. The largest absolute Gasteiger partial charge is 0.348 e. The first-order chi connectivity index (χ1) is 13.2. The van der Waals surface area contributed by atoms with E-state index in [9.17, 15) is 4.79 Å². The number of hydrogen-bond acceptors (Lipinski definition) is 3. The third-order valence-corrected chi connectivity index (χ3v) is 6.01. The molecule has 6 heteroatoms. The lowest BCUT2D eigenvalue weighted by molar-refractivity contribution is 0.180. The van der Waals surface area contributed by atoms with Crippen molar-refractivity contribution in [2.45, 2.75) is 18.9 Å². The summed E-state index contributed by atoms with van der Waals surface area (Å²) in [5.74, 6) is 0.797. The molecule has 1 N–H and O–H groups in total. The monoisotopic (exact) mass is 376 g/mol. The number of benzene rings is 1. The predicted octanol–water partition coefficient (Wildman–Crippen LogP) is 3.21. The molecule has 0 saturated carbocycles. The van der Waals surface area contributed by atoms with Crippen LogP contribution in [-0.4, -0.2) is 32.7 Å². The SMILES string of the molecule is O=c1cccc2n1C[C@@H]1C[C@H]2CN(C(=S)Nc2cccc3ncccc23)C1. The van der Waals surface area contributed by atoms with E-state index in [4.69, 9.17) is 12.2 Å². The Labute approximate surface area is 162 Å². The van der Waals surface area contributed by atoms with Crippen molar-refractivity contribution in [3.8, 4) is 0 Å². The molecule has 0 unspecified atom stereocenters. The van der Waals surface area contributed by atoms with Gasteiger partial charge in [-0.05, 0) is 54.9 Å². The van der Waals surface area contributed by atoms with E-state index in [1.54, 1.807) is 12.3 Å². The van der Waals surface area contributed by atoms with Gasteiger partial charge in [-0.25, -0.2) is 0 Å². The van der Waals surface area contributed by atoms with Crippen LogP contribution in [0.5, 0.6) is 0 Å². The molecule has 1 saturated heterocycles. The van der Waals surface area contributed by atoms with Gasteiger partial charge in [-0.1, -0.05) is 12.1 Å². The van der Waals surface area contributed by atoms with Crippen LogP contribution < -0.4 is 10.9 Å². The normalized spacial score (nSPS) is 21.0. The van der Waals surface area contributed by atoms with Crippen LogP contribution in [0.1, 0.15) is 18.0 Å². The van der Waals surface area contributed by atoms with Crippen LogP contribution in [0.3, 0.4) is 0 Å². The molecule has 4 heterocycles. The molecule has 2 atom stereocenters. The van der Waals surface area contributed by atoms with Crippen molar-refractivity contribution in [1.29, 1.82) is 0 Å². The zero-order valence-electron chi connectivity index (χ0n) is 14.8. The van der Waals surface area contributed by atoms with Crippen LogP contribution >= 0.6 is 12.2 Å². The molecule has 2 bridgehead atoms. The Morgan fingerprint density at radius 1 is 1.07 bits per heavy atom. The molecule has 2 aliphatic heterocycles. The summed E-state index contributed by atoms with van der Waals surface area (Å²) in [6.45, 7) is 2.50. The van der Waals surface area contributed by atoms with Crippen molar-refractivity contribution in [2.75, 3.05) is 18.4 Å². The molecule has 0 radical (unpaired) electrons. The number of thiocarbonyl (C=S) groups is 1. The van der Waals surface area contributed by atoms with Gasteiger partial charge in [0.2, 0.25) is 0 Å². The number of pyridine rings is 2. The van der Waals surface area contributed by atoms with Crippen LogP contribution in [0.25, 0.3) is 10.9 Å². The fourth-order valence-corrected chi connectivity index (χ4v) is 4.73. The molecule has 2 aromatic heterocycles. The maximum atomic E-state index is 12.2. The summed E-state index contributed by atoms with van der Waals surface area (Å²) >= 11 is 5.75. The van der Waals surface area contributed by atoms with Crippen LogP contribution in [-0.2, 0) is 6.54 Å². The number of piperidine rings is 1. The lowest BCUT2D eigenvalue weighted by Crippen LogP contribution is -2.50. The quantitative estimate of drug-likeness (QED) is 0.661. The van der Waals surface area contributed by atoms with Gasteiger partial charge in [-0.15, -0.1) is 0 Å². The Bertz CT molecular complexity index is 1090. The molecule has 3 aromatic rings. The Balaban J connectivity index is 1.40. The second kappa shape index (κ2) is 6.46. The van der Waals surface area contributed by atoms with E-state index in [1.165, 1.54) is 0 Å². The molecule has 0 aliphatic carbocycles. The predicted molar refractivity (Wildman–Crippen MR) is 111 cm³/mol. The van der Waals surface area contributed by atoms with Gasteiger partial charge in [-0.3, -0.25) is 9.78 Å². The summed E-state index contributed by atoms with van der Waals surface area (Å²) in [4.78, 5) is 18.8. The first-order valence-corrected chi connectivity index (χ1v) is 9.69. The fraction of sp³-hybridized carbons (Fsp3) is 0.286. The first kappa shape index (κ1) is 16.4. The van der Waals surface area contributed by atoms with Gasteiger partial charge < -0.3 is 14.8 Å². The molecule has 136 valence electrons. The molecule has 1 aromatic carbocycles. The van der Waals surface area contributed by atoms with Crippen molar-refractivity contribution < 1.29 is 0 Å². The summed E-state index contributed by atoms with van der Waals surface area (Å²) in [6.07, 6.45) is 2.93. The molecule has 27 heavy (non-hydrogen) atoms. The average Bonchev–Trinajstić information content (AvgIpc) is 2.69. The van der Waals surface area contributed by atoms with E-state index in [0.29, 0.717) is 11.8 Å². The Morgan fingerprint density at radius 2 is 1.96 bits per heavy atom. The summed E-state index contributed by atoms with van der Waals surface area (Å²) in [6, 6.07) is 15.6. The standard InChI is InChI=1S/C21H20N4OS/c26-20-8-2-7-19-15-10-14(12-25(19)20)11-24(13-15)21(27)23-18-6-1-5-17-16(18)4-3-9-22-17/h1-9,14-15H,10-13H2,(H,23,27)/t14-,15+/m1/s1.